The molecule has 1 aromatic rings. The Hall–Kier alpha value is -1.93. The summed E-state index contributed by atoms with van der Waals surface area (Å²) in [6.45, 7) is 1.74. The minimum atomic E-state index is -3.74. The maximum Gasteiger partial charge on any atom is 0.245 e. The lowest BCUT2D eigenvalue weighted by atomic mass is 10.0. The lowest BCUT2D eigenvalue weighted by Gasteiger charge is -2.37. The maximum atomic E-state index is 12.9. The molecule has 2 heterocycles. The second kappa shape index (κ2) is 8.39. The van der Waals surface area contributed by atoms with Gasteiger partial charge < -0.3 is 9.80 Å². The molecule has 0 bridgehead atoms. The molecule has 2 fully saturated rings. The van der Waals surface area contributed by atoms with Crippen LogP contribution in [-0.4, -0.2) is 73.6 Å². The summed E-state index contributed by atoms with van der Waals surface area (Å²) >= 11 is 0. The van der Waals surface area contributed by atoms with Gasteiger partial charge in [-0.2, -0.15) is 4.31 Å². The number of sulfonamides is 1. The van der Waals surface area contributed by atoms with E-state index in [1.54, 1.807) is 23.1 Å². The van der Waals surface area contributed by atoms with E-state index in [1.165, 1.54) is 19.2 Å². The molecular weight excluding hydrogens is 366 g/mol. The van der Waals surface area contributed by atoms with Crippen molar-refractivity contribution in [1.29, 1.82) is 0 Å². The van der Waals surface area contributed by atoms with Crippen LogP contribution in [0.3, 0.4) is 0 Å². The Morgan fingerprint density at radius 3 is 2.33 bits per heavy atom. The SMILES string of the molecule is CN(CC(=O)N1CCCCC1C(=O)N1CCCC1)S(=O)(=O)c1ccccc1. The Morgan fingerprint density at radius 1 is 1.04 bits per heavy atom. The molecule has 0 saturated carbocycles. The van der Waals surface area contributed by atoms with Crippen molar-refractivity contribution in [2.45, 2.75) is 43.0 Å². The molecule has 0 N–H and O–H groups in total. The fourth-order valence-electron chi connectivity index (χ4n) is 3.77. The predicted octanol–water partition coefficient (Wildman–Crippen LogP) is 1.31. The van der Waals surface area contributed by atoms with Crippen molar-refractivity contribution in [3.63, 3.8) is 0 Å². The lowest BCUT2D eigenvalue weighted by Crippen LogP contribution is -2.54. The molecule has 2 amide bonds. The quantitative estimate of drug-likeness (QED) is 0.756. The van der Waals surface area contributed by atoms with Crippen molar-refractivity contribution in [3.8, 4) is 0 Å². The Balaban J connectivity index is 1.70. The molecule has 2 saturated heterocycles. The van der Waals surface area contributed by atoms with E-state index in [1.807, 2.05) is 4.90 Å². The summed E-state index contributed by atoms with van der Waals surface area (Å²) in [6, 6.07) is 7.60. The molecule has 8 heteroatoms. The minimum absolute atomic E-state index is 0.00844. The number of likely N-dealkylation sites (N-methyl/N-ethyl adjacent to an activating group) is 1. The number of hydrogen-bond acceptors (Lipinski definition) is 4. The number of carbonyl (C=O) groups is 2. The molecule has 2 aliphatic heterocycles. The standard InChI is InChI=1S/C19H27N3O4S/c1-20(27(25,26)16-9-3-2-4-10-16)15-18(23)22-14-6-5-11-17(22)19(24)21-12-7-8-13-21/h2-4,9-10,17H,5-8,11-15H2,1H3. The van der Waals surface area contributed by atoms with Crippen LogP contribution in [0.15, 0.2) is 35.2 Å². The van der Waals surface area contributed by atoms with Gasteiger partial charge in [-0.3, -0.25) is 9.59 Å². The van der Waals surface area contributed by atoms with E-state index in [2.05, 4.69) is 0 Å². The van der Waals surface area contributed by atoms with Gasteiger partial charge >= 0.3 is 0 Å². The van der Waals surface area contributed by atoms with E-state index in [0.29, 0.717) is 13.0 Å². The number of likely N-dealkylation sites (tertiary alicyclic amines) is 2. The molecular formula is C19H27N3O4S. The summed E-state index contributed by atoms with van der Waals surface area (Å²) in [5.74, 6) is -0.302. The molecule has 1 unspecified atom stereocenters. The third kappa shape index (κ3) is 4.32. The first-order chi connectivity index (χ1) is 12.9. The van der Waals surface area contributed by atoms with Crippen molar-refractivity contribution in [3.05, 3.63) is 30.3 Å². The predicted molar refractivity (Wildman–Crippen MR) is 101 cm³/mol. The van der Waals surface area contributed by atoms with Gasteiger partial charge in [-0.05, 0) is 44.2 Å². The van der Waals surface area contributed by atoms with Gasteiger partial charge in [-0.1, -0.05) is 18.2 Å². The van der Waals surface area contributed by atoms with Gasteiger partial charge in [0, 0.05) is 26.7 Å². The average Bonchev–Trinajstić information content (AvgIpc) is 3.22. The summed E-state index contributed by atoms with van der Waals surface area (Å²) in [5.41, 5.74) is 0. The van der Waals surface area contributed by atoms with Crippen molar-refractivity contribution in [2.75, 3.05) is 33.2 Å². The number of nitrogens with zero attached hydrogens (tertiary/aromatic N) is 3. The van der Waals surface area contributed by atoms with Crippen LogP contribution in [0.5, 0.6) is 0 Å². The molecule has 0 aliphatic carbocycles. The number of carbonyl (C=O) groups excluding carboxylic acids is 2. The Morgan fingerprint density at radius 2 is 1.67 bits per heavy atom. The van der Waals surface area contributed by atoms with E-state index < -0.39 is 16.1 Å². The molecule has 1 aromatic carbocycles. The van der Waals surface area contributed by atoms with Gasteiger partial charge in [0.15, 0.2) is 0 Å². The highest BCUT2D eigenvalue weighted by atomic mass is 32.2. The molecule has 2 aliphatic rings. The van der Waals surface area contributed by atoms with Crippen LogP contribution in [0, 0.1) is 0 Å². The molecule has 0 spiro atoms. The van der Waals surface area contributed by atoms with E-state index in [0.717, 1.165) is 43.1 Å². The van der Waals surface area contributed by atoms with E-state index >= 15 is 0 Å². The number of piperidine rings is 1. The minimum Gasteiger partial charge on any atom is -0.341 e. The fraction of sp³-hybridized carbons (Fsp3) is 0.579. The van der Waals surface area contributed by atoms with Crippen LogP contribution in [0.2, 0.25) is 0 Å². The smallest absolute Gasteiger partial charge is 0.245 e. The normalized spacial score (nSPS) is 20.9. The van der Waals surface area contributed by atoms with Gasteiger partial charge in [0.05, 0.1) is 11.4 Å². The molecule has 3 rings (SSSR count). The molecule has 0 aromatic heterocycles. The first-order valence-corrected chi connectivity index (χ1v) is 10.9. The third-order valence-electron chi connectivity index (χ3n) is 5.34. The summed E-state index contributed by atoms with van der Waals surface area (Å²) < 4.78 is 26.4. The maximum absolute atomic E-state index is 12.9. The topological polar surface area (TPSA) is 78.0 Å². The largest absolute Gasteiger partial charge is 0.341 e. The third-order valence-corrected chi connectivity index (χ3v) is 7.15. The van der Waals surface area contributed by atoms with Crippen molar-refractivity contribution >= 4 is 21.8 Å². The molecule has 7 nitrogen and oxygen atoms in total. The number of benzene rings is 1. The number of amides is 2. The van der Waals surface area contributed by atoms with Crippen LogP contribution in [0.1, 0.15) is 32.1 Å². The zero-order valence-electron chi connectivity index (χ0n) is 15.7. The Kier molecular flexibility index (Phi) is 6.16. The molecule has 0 radical (unpaired) electrons. The number of hydrogen-bond donors (Lipinski definition) is 0. The monoisotopic (exact) mass is 393 g/mol. The second-order valence-corrected chi connectivity index (χ2v) is 9.25. The van der Waals surface area contributed by atoms with E-state index in [9.17, 15) is 18.0 Å². The zero-order valence-corrected chi connectivity index (χ0v) is 16.5. The van der Waals surface area contributed by atoms with E-state index in [-0.39, 0.29) is 23.3 Å². The van der Waals surface area contributed by atoms with Gasteiger partial charge in [0.2, 0.25) is 21.8 Å². The van der Waals surface area contributed by atoms with Crippen LogP contribution < -0.4 is 0 Å². The van der Waals surface area contributed by atoms with Crippen LogP contribution >= 0.6 is 0 Å². The van der Waals surface area contributed by atoms with Gasteiger partial charge in [0.1, 0.15) is 6.04 Å². The Bertz CT molecular complexity index is 775. The highest BCUT2D eigenvalue weighted by Gasteiger charge is 2.36. The highest BCUT2D eigenvalue weighted by Crippen LogP contribution is 2.22. The average molecular weight is 394 g/mol. The first-order valence-electron chi connectivity index (χ1n) is 9.51. The summed E-state index contributed by atoms with van der Waals surface area (Å²) in [6.07, 6.45) is 4.40. The number of rotatable bonds is 5. The molecule has 1 atom stereocenters. The van der Waals surface area contributed by atoms with Gasteiger partial charge in [-0.25, -0.2) is 8.42 Å². The van der Waals surface area contributed by atoms with Gasteiger partial charge in [0.25, 0.3) is 0 Å². The highest BCUT2D eigenvalue weighted by molar-refractivity contribution is 7.89. The van der Waals surface area contributed by atoms with Crippen molar-refractivity contribution in [1.82, 2.24) is 14.1 Å². The summed E-state index contributed by atoms with van der Waals surface area (Å²) in [4.78, 5) is 29.3. The Labute approximate surface area is 161 Å². The summed E-state index contributed by atoms with van der Waals surface area (Å²) in [7, 11) is -2.33. The fourth-order valence-corrected chi connectivity index (χ4v) is 4.92. The van der Waals surface area contributed by atoms with Crippen LogP contribution in [0.4, 0.5) is 0 Å². The van der Waals surface area contributed by atoms with Crippen molar-refractivity contribution in [2.24, 2.45) is 0 Å². The molecule has 148 valence electrons. The summed E-state index contributed by atoms with van der Waals surface area (Å²) in [5, 5.41) is 0. The van der Waals surface area contributed by atoms with Crippen LogP contribution in [0.25, 0.3) is 0 Å². The zero-order chi connectivity index (χ0) is 19.4. The van der Waals surface area contributed by atoms with Gasteiger partial charge in [-0.15, -0.1) is 0 Å². The first kappa shape index (κ1) is 19.8. The molecule has 27 heavy (non-hydrogen) atoms. The van der Waals surface area contributed by atoms with E-state index in [4.69, 9.17) is 0 Å². The lowest BCUT2D eigenvalue weighted by molar-refractivity contribution is -0.147. The van der Waals surface area contributed by atoms with Crippen molar-refractivity contribution < 1.29 is 18.0 Å². The second-order valence-electron chi connectivity index (χ2n) is 7.21. The van der Waals surface area contributed by atoms with Crippen LogP contribution in [-0.2, 0) is 19.6 Å².